The van der Waals surface area contributed by atoms with E-state index < -0.39 is 5.60 Å². The molecule has 3 rings (SSSR count). The molecule has 22 heavy (non-hydrogen) atoms. The van der Waals surface area contributed by atoms with E-state index in [1.54, 1.807) is 52.4 Å². The molecule has 1 aromatic carbocycles. The van der Waals surface area contributed by atoms with Crippen molar-refractivity contribution < 1.29 is 5.11 Å². The first-order chi connectivity index (χ1) is 10.6. The summed E-state index contributed by atoms with van der Waals surface area (Å²) in [5.74, 6) is 0. The number of benzene rings is 1. The molecule has 0 saturated carbocycles. The minimum Gasteiger partial charge on any atom is -0.381 e. The standard InChI is InChI=1S/C14H15ClN6O/c1-11(21-7-6-17-19-21)14(22,8-20-10-16-9-18-20)12-2-4-13(15)5-3-12/h2-7,9-11,22H,8H2,1H3. The van der Waals surface area contributed by atoms with E-state index in [4.69, 9.17) is 11.6 Å². The van der Waals surface area contributed by atoms with Crippen molar-refractivity contribution in [3.05, 3.63) is 59.9 Å². The van der Waals surface area contributed by atoms with Crippen LogP contribution in [0.5, 0.6) is 0 Å². The van der Waals surface area contributed by atoms with Crippen molar-refractivity contribution in [3.63, 3.8) is 0 Å². The van der Waals surface area contributed by atoms with Gasteiger partial charge in [0.2, 0.25) is 0 Å². The van der Waals surface area contributed by atoms with Crippen molar-refractivity contribution in [3.8, 4) is 0 Å². The van der Waals surface area contributed by atoms with Crippen LogP contribution >= 0.6 is 11.6 Å². The molecule has 3 aromatic rings. The van der Waals surface area contributed by atoms with Crippen molar-refractivity contribution in [2.45, 2.75) is 25.1 Å². The molecule has 0 aliphatic rings. The fraction of sp³-hybridized carbons (Fsp3) is 0.286. The molecule has 1 N–H and O–H groups in total. The van der Waals surface area contributed by atoms with Gasteiger partial charge in [0.25, 0.3) is 0 Å². The first-order valence-electron chi connectivity index (χ1n) is 6.76. The van der Waals surface area contributed by atoms with Gasteiger partial charge in [0, 0.05) is 11.2 Å². The summed E-state index contributed by atoms with van der Waals surface area (Å²) in [4.78, 5) is 3.92. The second kappa shape index (κ2) is 5.86. The zero-order chi connectivity index (χ0) is 15.6. The highest BCUT2D eigenvalue weighted by Crippen LogP contribution is 2.34. The van der Waals surface area contributed by atoms with Gasteiger partial charge in [-0.15, -0.1) is 5.10 Å². The van der Waals surface area contributed by atoms with Crippen LogP contribution in [0.15, 0.2) is 49.3 Å². The van der Waals surface area contributed by atoms with E-state index in [0.29, 0.717) is 5.02 Å². The Bertz CT molecular complexity index is 712. The second-order valence-electron chi connectivity index (χ2n) is 5.08. The predicted octanol–water partition coefficient (Wildman–Crippen LogP) is 1.67. The van der Waals surface area contributed by atoms with E-state index in [1.807, 2.05) is 6.92 Å². The van der Waals surface area contributed by atoms with Gasteiger partial charge >= 0.3 is 0 Å². The van der Waals surface area contributed by atoms with Gasteiger partial charge in [-0.1, -0.05) is 28.9 Å². The third-order valence-electron chi connectivity index (χ3n) is 3.74. The zero-order valence-corrected chi connectivity index (χ0v) is 12.7. The molecule has 0 amide bonds. The molecule has 0 radical (unpaired) electrons. The third kappa shape index (κ3) is 2.72. The summed E-state index contributed by atoms with van der Waals surface area (Å²) in [6.45, 7) is 2.11. The molecule has 114 valence electrons. The van der Waals surface area contributed by atoms with Crippen molar-refractivity contribution in [2.75, 3.05) is 0 Å². The minimum atomic E-state index is -1.24. The number of aromatic nitrogens is 6. The van der Waals surface area contributed by atoms with Crippen LogP contribution in [-0.2, 0) is 12.1 Å². The molecule has 0 fully saturated rings. The van der Waals surface area contributed by atoms with Gasteiger partial charge in [0.05, 0.1) is 18.8 Å². The summed E-state index contributed by atoms with van der Waals surface area (Å²) in [5.41, 5.74) is -0.526. The minimum absolute atomic E-state index is 0.232. The van der Waals surface area contributed by atoms with Gasteiger partial charge in [-0.2, -0.15) is 5.10 Å². The molecule has 0 aliphatic heterocycles. The fourth-order valence-electron chi connectivity index (χ4n) is 2.41. The number of rotatable bonds is 5. The lowest BCUT2D eigenvalue weighted by Crippen LogP contribution is -2.40. The number of nitrogens with zero attached hydrogens (tertiary/aromatic N) is 6. The number of hydrogen-bond donors (Lipinski definition) is 1. The number of aliphatic hydroxyl groups is 1. The van der Waals surface area contributed by atoms with Gasteiger partial charge < -0.3 is 5.11 Å². The van der Waals surface area contributed by atoms with Crippen LogP contribution < -0.4 is 0 Å². The lowest BCUT2D eigenvalue weighted by molar-refractivity contribution is -0.0345. The highest BCUT2D eigenvalue weighted by atomic mass is 35.5. The van der Waals surface area contributed by atoms with Crippen LogP contribution in [0.2, 0.25) is 5.02 Å². The molecule has 8 heteroatoms. The SMILES string of the molecule is CC(n1ccnn1)C(O)(Cn1cncn1)c1ccc(Cl)cc1. The van der Waals surface area contributed by atoms with Crippen LogP contribution in [0.3, 0.4) is 0 Å². The normalized spacial score (nSPS) is 15.4. The van der Waals surface area contributed by atoms with Crippen molar-refractivity contribution >= 4 is 11.6 Å². The Hall–Kier alpha value is -2.25. The average Bonchev–Trinajstić information content (AvgIpc) is 3.20. The lowest BCUT2D eigenvalue weighted by Gasteiger charge is -2.34. The first-order valence-corrected chi connectivity index (χ1v) is 7.14. The Balaban J connectivity index is 2.02. The van der Waals surface area contributed by atoms with E-state index >= 15 is 0 Å². The highest BCUT2D eigenvalue weighted by molar-refractivity contribution is 6.30. The Morgan fingerprint density at radius 2 is 2.09 bits per heavy atom. The molecule has 2 unspecified atom stereocenters. The van der Waals surface area contributed by atoms with Crippen LogP contribution in [0, 0.1) is 0 Å². The molecular formula is C14H15ClN6O. The number of hydrogen-bond acceptors (Lipinski definition) is 5. The monoisotopic (exact) mass is 318 g/mol. The summed E-state index contributed by atoms with van der Waals surface area (Å²) >= 11 is 5.95. The fourth-order valence-corrected chi connectivity index (χ4v) is 2.53. The van der Waals surface area contributed by atoms with Crippen LogP contribution in [0.4, 0.5) is 0 Å². The van der Waals surface area contributed by atoms with Gasteiger partial charge in [0.15, 0.2) is 0 Å². The molecule has 0 saturated heterocycles. The summed E-state index contributed by atoms with van der Waals surface area (Å²) < 4.78 is 3.20. The van der Waals surface area contributed by atoms with Gasteiger partial charge in [-0.25, -0.2) is 14.3 Å². The summed E-state index contributed by atoms with van der Waals surface area (Å²) in [6, 6.07) is 6.73. The van der Waals surface area contributed by atoms with E-state index in [2.05, 4.69) is 20.4 Å². The highest BCUT2D eigenvalue weighted by Gasteiger charge is 2.38. The van der Waals surface area contributed by atoms with E-state index in [1.165, 1.54) is 6.33 Å². The Labute approximate surface area is 132 Å². The molecule has 2 heterocycles. The van der Waals surface area contributed by atoms with Crippen LogP contribution in [-0.4, -0.2) is 34.9 Å². The zero-order valence-electron chi connectivity index (χ0n) is 11.9. The maximum atomic E-state index is 11.4. The Kier molecular flexibility index (Phi) is 3.91. The largest absolute Gasteiger partial charge is 0.381 e. The molecule has 7 nitrogen and oxygen atoms in total. The van der Waals surface area contributed by atoms with E-state index in [0.717, 1.165) is 5.56 Å². The number of halogens is 1. The lowest BCUT2D eigenvalue weighted by atomic mass is 9.87. The van der Waals surface area contributed by atoms with Gasteiger partial charge in [-0.3, -0.25) is 0 Å². The maximum absolute atomic E-state index is 11.4. The van der Waals surface area contributed by atoms with Crippen LogP contribution in [0.25, 0.3) is 0 Å². The predicted molar refractivity (Wildman–Crippen MR) is 80.1 cm³/mol. The van der Waals surface area contributed by atoms with Crippen LogP contribution in [0.1, 0.15) is 18.5 Å². The van der Waals surface area contributed by atoms with E-state index in [9.17, 15) is 5.11 Å². The topological polar surface area (TPSA) is 81.6 Å². The summed E-state index contributed by atoms with van der Waals surface area (Å²) in [7, 11) is 0. The van der Waals surface area contributed by atoms with Crippen molar-refractivity contribution in [1.82, 2.24) is 29.8 Å². The molecule has 2 atom stereocenters. The van der Waals surface area contributed by atoms with Gasteiger partial charge in [-0.05, 0) is 24.6 Å². The second-order valence-corrected chi connectivity index (χ2v) is 5.52. The smallest absolute Gasteiger partial charge is 0.137 e. The molecule has 0 bridgehead atoms. The Morgan fingerprint density at radius 1 is 1.32 bits per heavy atom. The molecular weight excluding hydrogens is 304 g/mol. The van der Waals surface area contributed by atoms with E-state index in [-0.39, 0.29) is 12.6 Å². The average molecular weight is 319 g/mol. The van der Waals surface area contributed by atoms with Crippen molar-refractivity contribution in [1.29, 1.82) is 0 Å². The first kappa shape index (κ1) is 14.7. The summed E-state index contributed by atoms with van der Waals surface area (Å²) in [5, 5.41) is 23.9. The molecule has 0 aliphatic carbocycles. The van der Waals surface area contributed by atoms with Gasteiger partial charge in [0.1, 0.15) is 18.3 Å². The van der Waals surface area contributed by atoms with Crippen molar-refractivity contribution in [2.24, 2.45) is 0 Å². The third-order valence-corrected chi connectivity index (χ3v) is 3.99. The maximum Gasteiger partial charge on any atom is 0.137 e. The quantitative estimate of drug-likeness (QED) is 0.774. The molecule has 2 aromatic heterocycles. The Morgan fingerprint density at radius 3 is 2.68 bits per heavy atom. The summed E-state index contributed by atoms with van der Waals surface area (Å²) in [6.07, 6.45) is 6.29. The molecule has 0 spiro atoms.